The molecule has 3 aromatic carbocycles. The van der Waals surface area contributed by atoms with Crippen molar-refractivity contribution in [2.45, 2.75) is 29.8 Å². The first-order chi connectivity index (χ1) is 18.9. The zero-order valence-corrected chi connectivity index (χ0v) is 23.5. The van der Waals surface area contributed by atoms with Crippen LogP contribution in [0.5, 0.6) is 11.5 Å². The zero-order valence-electron chi connectivity index (χ0n) is 21.9. The Balaban J connectivity index is 1.55. The molecule has 2 aliphatic rings. The fourth-order valence-electron chi connectivity index (χ4n) is 6.75. The highest BCUT2D eigenvalue weighted by molar-refractivity contribution is 9.10. The molecule has 1 saturated carbocycles. The van der Waals surface area contributed by atoms with Crippen LogP contribution in [0.2, 0.25) is 0 Å². The lowest BCUT2D eigenvalue weighted by Gasteiger charge is -2.41. The zero-order chi connectivity index (χ0) is 27.2. The van der Waals surface area contributed by atoms with E-state index in [1.54, 1.807) is 19.5 Å². The van der Waals surface area contributed by atoms with Crippen LogP contribution in [0.25, 0.3) is 0 Å². The summed E-state index contributed by atoms with van der Waals surface area (Å²) in [5.41, 5.74) is 0.235. The van der Waals surface area contributed by atoms with Crippen LogP contribution in [-0.2, 0) is 17.7 Å². The summed E-state index contributed by atoms with van der Waals surface area (Å²) in [6.45, 7) is 1.24. The van der Waals surface area contributed by atoms with Gasteiger partial charge in [0.15, 0.2) is 11.2 Å². The third kappa shape index (κ3) is 3.99. The van der Waals surface area contributed by atoms with Crippen molar-refractivity contribution in [3.05, 3.63) is 124 Å². The van der Waals surface area contributed by atoms with Crippen molar-refractivity contribution < 1.29 is 19.7 Å². The maximum atomic E-state index is 12.9. The maximum Gasteiger partial charge on any atom is 0.177 e. The average molecular weight is 588 g/mol. The number of ether oxygens (including phenoxy) is 2. The predicted molar refractivity (Wildman–Crippen MR) is 153 cm³/mol. The average Bonchev–Trinajstić information content (AvgIpc) is 3.33. The summed E-state index contributed by atoms with van der Waals surface area (Å²) in [6, 6.07) is 28.1. The van der Waals surface area contributed by atoms with Crippen molar-refractivity contribution in [1.29, 1.82) is 0 Å². The molecule has 6 rings (SSSR count). The lowest BCUT2D eigenvalue weighted by atomic mass is 9.70. The van der Waals surface area contributed by atoms with Gasteiger partial charge in [-0.2, -0.15) is 0 Å². The summed E-state index contributed by atoms with van der Waals surface area (Å²) in [6.07, 6.45) is 2.00. The molecule has 1 aliphatic carbocycles. The Morgan fingerprint density at radius 2 is 1.64 bits per heavy atom. The topological polar surface area (TPSA) is 75.0 Å². The quantitative estimate of drug-likeness (QED) is 0.309. The summed E-state index contributed by atoms with van der Waals surface area (Å²) in [5.74, 6) is 0.0324. The molecular weight excluding hydrogens is 556 g/mol. The first-order valence-electron chi connectivity index (χ1n) is 13.1. The standard InChI is InChI=1S/C32H31BrN2O4/c1-35(19-21-9-5-3-6-10-21)20-25-28(22-11-7-4-8-12-22)32(23-13-15-24(33)16-14-23)31(37,30(25)36)29-26(38-2)17-34-18-27(29)39-32/h3-18,25,28,30,36-37H,19-20H2,1-2H3/t25-,28?,30-,31+,32+/m1/s1. The number of hydrogen-bond acceptors (Lipinski definition) is 6. The summed E-state index contributed by atoms with van der Waals surface area (Å²) in [4.78, 5) is 6.50. The number of hydrogen-bond donors (Lipinski definition) is 2. The van der Waals surface area contributed by atoms with Crippen LogP contribution in [0, 0.1) is 5.92 Å². The Labute approximate surface area is 237 Å². The molecule has 6 nitrogen and oxygen atoms in total. The van der Waals surface area contributed by atoms with Crippen molar-refractivity contribution in [3.63, 3.8) is 0 Å². The lowest BCUT2D eigenvalue weighted by molar-refractivity contribution is -0.152. The number of aromatic nitrogens is 1. The minimum Gasteiger partial charge on any atom is -0.495 e. The lowest BCUT2D eigenvalue weighted by Crippen LogP contribution is -2.52. The van der Waals surface area contributed by atoms with Gasteiger partial charge in [0.2, 0.25) is 0 Å². The Morgan fingerprint density at radius 3 is 2.31 bits per heavy atom. The van der Waals surface area contributed by atoms with E-state index in [0.717, 1.165) is 15.6 Å². The van der Waals surface area contributed by atoms with Crippen molar-refractivity contribution in [2.24, 2.45) is 5.92 Å². The largest absolute Gasteiger partial charge is 0.495 e. The molecule has 0 radical (unpaired) electrons. The van der Waals surface area contributed by atoms with Gasteiger partial charge in [0.05, 0.1) is 31.2 Å². The van der Waals surface area contributed by atoms with Gasteiger partial charge >= 0.3 is 0 Å². The Hall–Kier alpha value is -3.23. The van der Waals surface area contributed by atoms with Gasteiger partial charge in [0, 0.05) is 29.4 Å². The molecule has 1 fully saturated rings. The van der Waals surface area contributed by atoms with Gasteiger partial charge in [-0.25, -0.2) is 0 Å². The smallest absolute Gasteiger partial charge is 0.177 e. The molecule has 5 atom stereocenters. The van der Waals surface area contributed by atoms with Crippen LogP contribution in [-0.4, -0.2) is 46.9 Å². The molecule has 2 heterocycles. The molecule has 0 saturated heterocycles. The third-order valence-electron chi connectivity index (χ3n) is 8.26. The number of aliphatic hydroxyl groups excluding tert-OH is 1. The van der Waals surface area contributed by atoms with E-state index in [2.05, 4.69) is 50.1 Å². The predicted octanol–water partition coefficient (Wildman–Crippen LogP) is 5.23. The minimum atomic E-state index is -1.80. The van der Waals surface area contributed by atoms with E-state index in [4.69, 9.17) is 9.47 Å². The minimum absolute atomic E-state index is 0.374. The van der Waals surface area contributed by atoms with E-state index >= 15 is 0 Å². The Kier molecular flexibility index (Phi) is 6.71. The molecule has 1 aromatic heterocycles. The van der Waals surface area contributed by atoms with Gasteiger partial charge in [-0.3, -0.25) is 4.98 Å². The van der Waals surface area contributed by atoms with Crippen LogP contribution in [0.4, 0.5) is 0 Å². The second-order valence-electron chi connectivity index (χ2n) is 10.5. The number of pyridine rings is 1. The maximum absolute atomic E-state index is 12.9. The van der Waals surface area contributed by atoms with Crippen molar-refractivity contribution in [1.82, 2.24) is 9.88 Å². The van der Waals surface area contributed by atoms with Crippen molar-refractivity contribution in [3.8, 4) is 11.5 Å². The number of benzene rings is 3. The van der Waals surface area contributed by atoms with E-state index in [9.17, 15) is 10.2 Å². The molecule has 4 aromatic rings. The van der Waals surface area contributed by atoms with Crippen molar-refractivity contribution in [2.75, 3.05) is 20.7 Å². The van der Waals surface area contributed by atoms with Gasteiger partial charge < -0.3 is 24.6 Å². The molecule has 7 heteroatoms. The van der Waals surface area contributed by atoms with Gasteiger partial charge in [0.1, 0.15) is 11.5 Å². The fourth-order valence-corrected chi connectivity index (χ4v) is 7.02. The molecule has 1 unspecified atom stereocenters. The van der Waals surface area contributed by atoms with Gasteiger partial charge in [-0.1, -0.05) is 88.7 Å². The molecule has 39 heavy (non-hydrogen) atoms. The number of nitrogens with zero attached hydrogens (tertiary/aromatic N) is 2. The normalized spacial score (nSPS) is 27.2. The highest BCUT2D eigenvalue weighted by atomic mass is 79.9. The van der Waals surface area contributed by atoms with Crippen LogP contribution < -0.4 is 9.47 Å². The highest BCUT2D eigenvalue weighted by Crippen LogP contribution is 2.69. The van der Waals surface area contributed by atoms with Crippen LogP contribution in [0.1, 0.15) is 28.2 Å². The SMILES string of the molecule is COc1cncc2c1[C@]1(O)[C@H](O)[C@H](CN(C)Cc3ccccc3)C(c3ccccc3)[C@]1(c1ccc(Br)cc1)O2. The second kappa shape index (κ2) is 10.1. The van der Waals surface area contributed by atoms with Crippen LogP contribution in [0.3, 0.4) is 0 Å². The van der Waals surface area contributed by atoms with E-state index in [1.165, 1.54) is 5.56 Å². The van der Waals surface area contributed by atoms with E-state index in [1.807, 2.05) is 67.7 Å². The number of rotatable bonds is 7. The number of aliphatic hydroxyl groups is 2. The second-order valence-corrected chi connectivity index (χ2v) is 11.4. The number of halogens is 1. The summed E-state index contributed by atoms with van der Waals surface area (Å²) >= 11 is 3.55. The summed E-state index contributed by atoms with van der Waals surface area (Å²) < 4.78 is 13.5. The van der Waals surface area contributed by atoms with E-state index in [-0.39, 0.29) is 5.92 Å². The van der Waals surface area contributed by atoms with Crippen LogP contribution >= 0.6 is 15.9 Å². The van der Waals surface area contributed by atoms with Crippen molar-refractivity contribution >= 4 is 15.9 Å². The van der Waals surface area contributed by atoms with E-state index in [0.29, 0.717) is 30.2 Å². The number of fused-ring (bicyclic) bond motifs is 3. The number of methoxy groups -OCH3 is 1. The first-order valence-corrected chi connectivity index (χ1v) is 13.8. The molecule has 2 N–H and O–H groups in total. The van der Waals surface area contributed by atoms with E-state index < -0.39 is 23.2 Å². The molecule has 0 amide bonds. The molecule has 0 spiro atoms. The monoisotopic (exact) mass is 586 g/mol. The highest BCUT2D eigenvalue weighted by Gasteiger charge is 2.76. The molecular formula is C32H31BrN2O4. The molecule has 1 aliphatic heterocycles. The van der Waals surface area contributed by atoms with Gasteiger partial charge in [0.25, 0.3) is 0 Å². The fraction of sp³-hybridized carbons (Fsp3) is 0.281. The van der Waals surface area contributed by atoms with Gasteiger partial charge in [-0.15, -0.1) is 0 Å². The Morgan fingerprint density at radius 1 is 0.974 bits per heavy atom. The van der Waals surface area contributed by atoms with Crippen LogP contribution in [0.15, 0.2) is 102 Å². The summed E-state index contributed by atoms with van der Waals surface area (Å²) in [7, 11) is 3.59. The molecule has 0 bridgehead atoms. The van der Waals surface area contributed by atoms with Gasteiger partial charge in [-0.05, 0) is 35.9 Å². The third-order valence-corrected chi connectivity index (χ3v) is 8.79. The first kappa shape index (κ1) is 26.0. The Bertz CT molecular complexity index is 1450. The summed E-state index contributed by atoms with van der Waals surface area (Å²) in [5, 5.41) is 25.2. The molecule has 200 valence electrons.